The molecule has 2 amide bonds. The van der Waals surface area contributed by atoms with E-state index in [0.717, 1.165) is 28.1 Å². The molecule has 1 aliphatic heterocycles. The Labute approximate surface area is 157 Å². The minimum absolute atomic E-state index is 0.00292. The summed E-state index contributed by atoms with van der Waals surface area (Å²) in [6.45, 7) is 0.379. The number of nitrogens with one attached hydrogen (secondary N) is 2. The summed E-state index contributed by atoms with van der Waals surface area (Å²) >= 11 is 0. The highest BCUT2D eigenvalue weighted by Gasteiger charge is 2.26. The van der Waals surface area contributed by atoms with Crippen molar-refractivity contribution in [3.8, 4) is 0 Å². The van der Waals surface area contributed by atoms with Crippen molar-refractivity contribution in [1.82, 2.24) is 14.9 Å². The molecule has 0 radical (unpaired) electrons. The lowest BCUT2D eigenvalue weighted by Crippen LogP contribution is -2.31. The number of hydrogen-bond donors (Lipinski definition) is 2. The number of benzene rings is 2. The first-order chi connectivity index (χ1) is 13.1. The van der Waals surface area contributed by atoms with Crippen LogP contribution in [-0.4, -0.2) is 21.4 Å². The summed E-state index contributed by atoms with van der Waals surface area (Å²) in [5.41, 5.74) is 3.97. The molecule has 1 aliphatic rings. The van der Waals surface area contributed by atoms with Crippen molar-refractivity contribution in [3.05, 3.63) is 59.9 Å². The molecule has 3 aromatic rings. The first kappa shape index (κ1) is 17.3. The van der Waals surface area contributed by atoms with Crippen molar-refractivity contribution >= 4 is 28.5 Å². The van der Waals surface area contributed by atoms with Crippen molar-refractivity contribution < 1.29 is 9.59 Å². The Balaban J connectivity index is 1.32. The number of para-hydroxylation sites is 3. The predicted octanol–water partition coefficient (Wildman–Crippen LogP) is 2.78. The van der Waals surface area contributed by atoms with Crippen LogP contribution in [0.2, 0.25) is 0 Å². The summed E-state index contributed by atoms with van der Waals surface area (Å²) in [5.74, 6) is 0.584. The third kappa shape index (κ3) is 3.56. The number of hydrogen-bond acceptors (Lipinski definition) is 3. The summed E-state index contributed by atoms with van der Waals surface area (Å²) < 4.78 is 1.99. The molecular formula is C21H22N4O2. The molecule has 1 atom stereocenters. The topological polar surface area (TPSA) is 76.0 Å². The van der Waals surface area contributed by atoms with Crippen molar-refractivity contribution in [1.29, 1.82) is 0 Å². The van der Waals surface area contributed by atoms with Gasteiger partial charge in [-0.3, -0.25) is 9.59 Å². The van der Waals surface area contributed by atoms with Crippen LogP contribution in [0, 0.1) is 5.92 Å². The van der Waals surface area contributed by atoms with Gasteiger partial charge in [0.1, 0.15) is 5.82 Å². The van der Waals surface area contributed by atoms with E-state index >= 15 is 0 Å². The van der Waals surface area contributed by atoms with Crippen LogP contribution in [0.5, 0.6) is 0 Å². The molecule has 0 saturated carbocycles. The number of anilines is 1. The van der Waals surface area contributed by atoms with Gasteiger partial charge in [0.25, 0.3) is 0 Å². The Morgan fingerprint density at radius 2 is 2.00 bits per heavy atom. The van der Waals surface area contributed by atoms with E-state index in [1.165, 1.54) is 0 Å². The maximum absolute atomic E-state index is 12.3. The van der Waals surface area contributed by atoms with Crippen molar-refractivity contribution in [2.75, 3.05) is 5.32 Å². The molecule has 6 nitrogen and oxygen atoms in total. The molecule has 4 rings (SSSR count). The molecule has 2 aromatic carbocycles. The summed E-state index contributed by atoms with van der Waals surface area (Å²) in [6.07, 6.45) is 1.54. The van der Waals surface area contributed by atoms with Gasteiger partial charge in [0.15, 0.2) is 0 Å². The second kappa shape index (κ2) is 7.23. The number of fused-ring (bicyclic) bond motifs is 2. The lowest BCUT2D eigenvalue weighted by Gasteiger charge is -2.24. The number of nitrogens with zero attached hydrogens (tertiary/aromatic N) is 2. The Morgan fingerprint density at radius 1 is 1.22 bits per heavy atom. The number of imidazole rings is 1. The summed E-state index contributed by atoms with van der Waals surface area (Å²) in [6, 6.07) is 15.7. The maximum atomic E-state index is 12.3. The van der Waals surface area contributed by atoms with E-state index in [4.69, 9.17) is 0 Å². The third-order valence-electron chi connectivity index (χ3n) is 5.16. The normalized spacial score (nSPS) is 16.0. The fourth-order valence-corrected chi connectivity index (χ4v) is 3.57. The fraction of sp³-hybridized carbons (Fsp3) is 0.286. The Morgan fingerprint density at radius 3 is 2.85 bits per heavy atom. The Bertz CT molecular complexity index is 1010. The van der Waals surface area contributed by atoms with Crippen LogP contribution in [-0.2, 0) is 29.6 Å². The SMILES string of the molecule is Cn1c(CNC(=O)CCC2Cc3ccccc3NC2=O)nc2ccccc21. The number of rotatable bonds is 5. The first-order valence-corrected chi connectivity index (χ1v) is 9.17. The highest BCUT2D eigenvalue weighted by Crippen LogP contribution is 2.27. The molecule has 0 fully saturated rings. The average Bonchev–Trinajstić information content (AvgIpc) is 3.01. The average molecular weight is 362 g/mol. The zero-order valence-corrected chi connectivity index (χ0v) is 15.2. The number of aromatic nitrogens is 2. The van der Waals surface area contributed by atoms with Crippen LogP contribution in [0.1, 0.15) is 24.2 Å². The van der Waals surface area contributed by atoms with E-state index in [1.807, 2.05) is 60.1 Å². The number of carbonyl (C=O) groups excluding carboxylic acids is 2. The van der Waals surface area contributed by atoms with Gasteiger partial charge in [0.2, 0.25) is 11.8 Å². The van der Waals surface area contributed by atoms with Crippen LogP contribution in [0.4, 0.5) is 5.69 Å². The molecule has 2 N–H and O–H groups in total. The highest BCUT2D eigenvalue weighted by atomic mass is 16.2. The molecule has 0 saturated heterocycles. The third-order valence-corrected chi connectivity index (χ3v) is 5.16. The minimum atomic E-state index is -0.165. The fourth-order valence-electron chi connectivity index (χ4n) is 3.57. The lowest BCUT2D eigenvalue weighted by molar-refractivity contribution is -0.123. The molecule has 0 bridgehead atoms. The van der Waals surface area contributed by atoms with E-state index < -0.39 is 0 Å². The Kier molecular flexibility index (Phi) is 4.62. The molecule has 1 aromatic heterocycles. The second-order valence-electron chi connectivity index (χ2n) is 6.94. The van der Waals surface area contributed by atoms with E-state index in [-0.39, 0.29) is 17.7 Å². The molecule has 0 aliphatic carbocycles. The number of amides is 2. The van der Waals surface area contributed by atoms with Crippen molar-refractivity contribution in [2.24, 2.45) is 13.0 Å². The Hall–Kier alpha value is -3.15. The second-order valence-corrected chi connectivity index (χ2v) is 6.94. The molecular weight excluding hydrogens is 340 g/mol. The monoisotopic (exact) mass is 362 g/mol. The van der Waals surface area contributed by atoms with Gasteiger partial charge < -0.3 is 15.2 Å². The van der Waals surface area contributed by atoms with Crippen molar-refractivity contribution in [3.63, 3.8) is 0 Å². The lowest BCUT2D eigenvalue weighted by atomic mass is 9.89. The zero-order valence-electron chi connectivity index (χ0n) is 15.2. The number of carbonyl (C=O) groups is 2. The van der Waals surface area contributed by atoms with Gasteiger partial charge in [0.05, 0.1) is 17.6 Å². The predicted molar refractivity (Wildman–Crippen MR) is 104 cm³/mol. The molecule has 6 heteroatoms. The van der Waals surface area contributed by atoms with Crippen LogP contribution >= 0.6 is 0 Å². The van der Waals surface area contributed by atoms with E-state index in [0.29, 0.717) is 25.8 Å². The number of aryl methyl sites for hydroxylation is 1. The zero-order chi connectivity index (χ0) is 18.8. The molecule has 1 unspecified atom stereocenters. The quantitative estimate of drug-likeness (QED) is 0.733. The van der Waals surface area contributed by atoms with Crippen LogP contribution < -0.4 is 10.6 Å². The molecule has 0 spiro atoms. The van der Waals surface area contributed by atoms with E-state index in [2.05, 4.69) is 15.6 Å². The molecule has 27 heavy (non-hydrogen) atoms. The first-order valence-electron chi connectivity index (χ1n) is 9.17. The maximum Gasteiger partial charge on any atom is 0.227 e. The summed E-state index contributed by atoms with van der Waals surface area (Å²) in [4.78, 5) is 29.1. The van der Waals surface area contributed by atoms with Gasteiger partial charge in [-0.25, -0.2) is 4.98 Å². The van der Waals surface area contributed by atoms with E-state index in [9.17, 15) is 9.59 Å². The highest BCUT2D eigenvalue weighted by molar-refractivity contribution is 5.96. The summed E-state index contributed by atoms with van der Waals surface area (Å²) in [5, 5.41) is 5.85. The van der Waals surface area contributed by atoms with Crippen LogP contribution in [0.3, 0.4) is 0 Å². The smallest absolute Gasteiger partial charge is 0.227 e. The van der Waals surface area contributed by atoms with Gasteiger partial charge in [-0.2, -0.15) is 0 Å². The van der Waals surface area contributed by atoms with Gasteiger partial charge in [-0.15, -0.1) is 0 Å². The largest absolute Gasteiger partial charge is 0.349 e. The molecule has 2 heterocycles. The summed E-state index contributed by atoms with van der Waals surface area (Å²) in [7, 11) is 1.95. The van der Waals surface area contributed by atoms with Crippen LogP contribution in [0.25, 0.3) is 11.0 Å². The standard InChI is InChI=1S/C21H22N4O2/c1-25-18-9-5-4-8-17(18)23-19(25)13-22-20(26)11-10-15-12-14-6-2-3-7-16(14)24-21(15)27/h2-9,15H,10-13H2,1H3,(H,22,26)(H,24,27). The van der Waals surface area contributed by atoms with Gasteiger partial charge in [-0.05, 0) is 36.6 Å². The molecule has 138 valence electrons. The van der Waals surface area contributed by atoms with Crippen LogP contribution in [0.15, 0.2) is 48.5 Å². The van der Waals surface area contributed by atoms with E-state index in [1.54, 1.807) is 0 Å². The van der Waals surface area contributed by atoms with Crippen molar-refractivity contribution in [2.45, 2.75) is 25.8 Å². The van der Waals surface area contributed by atoms with Gasteiger partial charge >= 0.3 is 0 Å². The van der Waals surface area contributed by atoms with Gasteiger partial charge in [0, 0.05) is 25.1 Å². The van der Waals surface area contributed by atoms with Gasteiger partial charge in [-0.1, -0.05) is 30.3 Å². The minimum Gasteiger partial charge on any atom is -0.349 e.